The number of nitro groups is 1. The average molecular weight is 269 g/mol. The molecule has 0 aromatic heterocycles. The van der Waals surface area contributed by atoms with Gasteiger partial charge >= 0.3 is 0 Å². The highest BCUT2D eigenvalue weighted by Crippen LogP contribution is 2.27. The summed E-state index contributed by atoms with van der Waals surface area (Å²) in [6, 6.07) is 3.46. The number of amides is 1. The zero-order valence-corrected chi connectivity index (χ0v) is 10.4. The van der Waals surface area contributed by atoms with E-state index in [1.165, 1.54) is 12.1 Å². The molecule has 0 aliphatic carbocycles. The third-order valence-electron chi connectivity index (χ3n) is 2.23. The number of carbonyl (C=O) groups is 1. The molecule has 3 N–H and O–H groups in total. The van der Waals surface area contributed by atoms with E-state index in [4.69, 9.17) is 4.74 Å². The third-order valence-corrected chi connectivity index (χ3v) is 2.23. The molecule has 0 spiro atoms. The van der Waals surface area contributed by atoms with Crippen LogP contribution in [0.1, 0.15) is 0 Å². The number of anilines is 1. The van der Waals surface area contributed by atoms with Crippen LogP contribution in [0.4, 0.5) is 11.4 Å². The van der Waals surface area contributed by atoms with Crippen molar-refractivity contribution in [1.82, 2.24) is 5.32 Å². The van der Waals surface area contributed by atoms with Gasteiger partial charge in [0.15, 0.2) is 0 Å². The van der Waals surface area contributed by atoms with E-state index in [1.807, 2.05) is 0 Å². The minimum absolute atomic E-state index is 0.0553. The number of methoxy groups -OCH3 is 1. The SMILES string of the molecule is COCCNCC(=O)Nc1ccc([N+](=O)[O-])cc1O. The second kappa shape index (κ2) is 7.29. The maximum Gasteiger partial charge on any atom is 0.273 e. The number of nitro benzene ring substituents is 1. The van der Waals surface area contributed by atoms with Crippen molar-refractivity contribution in [1.29, 1.82) is 0 Å². The minimum atomic E-state index is -0.627. The number of nitrogens with one attached hydrogen (secondary N) is 2. The lowest BCUT2D eigenvalue weighted by atomic mass is 10.2. The predicted molar refractivity (Wildman–Crippen MR) is 68.1 cm³/mol. The van der Waals surface area contributed by atoms with E-state index in [0.717, 1.165) is 6.07 Å². The van der Waals surface area contributed by atoms with Gasteiger partial charge in [-0.1, -0.05) is 0 Å². The maximum atomic E-state index is 11.5. The van der Waals surface area contributed by atoms with E-state index in [2.05, 4.69) is 10.6 Å². The Morgan fingerprint density at radius 1 is 1.53 bits per heavy atom. The topological polar surface area (TPSA) is 114 Å². The van der Waals surface area contributed by atoms with Gasteiger partial charge < -0.3 is 20.5 Å². The number of carbonyl (C=O) groups excluding carboxylic acids is 1. The number of hydrogen-bond acceptors (Lipinski definition) is 6. The Hall–Kier alpha value is -2.19. The van der Waals surface area contributed by atoms with Gasteiger partial charge in [-0.15, -0.1) is 0 Å². The summed E-state index contributed by atoms with van der Waals surface area (Å²) in [5, 5.41) is 25.3. The fraction of sp³-hybridized carbons (Fsp3) is 0.364. The van der Waals surface area contributed by atoms with E-state index in [0.29, 0.717) is 13.2 Å². The van der Waals surface area contributed by atoms with Crippen LogP contribution < -0.4 is 10.6 Å². The first-order valence-electron chi connectivity index (χ1n) is 5.51. The van der Waals surface area contributed by atoms with Crippen molar-refractivity contribution in [3.8, 4) is 5.75 Å². The third kappa shape index (κ3) is 4.90. The summed E-state index contributed by atoms with van der Waals surface area (Å²) in [5.41, 5.74) is -0.113. The van der Waals surface area contributed by atoms with Crippen molar-refractivity contribution in [2.45, 2.75) is 0 Å². The molecule has 0 unspecified atom stereocenters. The molecule has 19 heavy (non-hydrogen) atoms. The van der Waals surface area contributed by atoms with Crippen LogP contribution in [0.3, 0.4) is 0 Å². The molecule has 1 aromatic carbocycles. The molecule has 104 valence electrons. The summed E-state index contributed by atoms with van der Waals surface area (Å²) in [4.78, 5) is 21.3. The maximum absolute atomic E-state index is 11.5. The number of hydrogen-bond donors (Lipinski definition) is 3. The largest absolute Gasteiger partial charge is 0.506 e. The highest BCUT2D eigenvalue weighted by atomic mass is 16.6. The fourth-order valence-corrected chi connectivity index (χ4v) is 1.31. The van der Waals surface area contributed by atoms with Gasteiger partial charge in [-0.05, 0) is 6.07 Å². The smallest absolute Gasteiger partial charge is 0.273 e. The zero-order chi connectivity index (χ0) is 14.3. The highest BCUT2D eigenvalue weighted by molar-refractivity contribution is 5.93. The van der Waals surface area contributed by atoms with E-state index in [9.17, 15) is 20.0 Å². The molecule has 1 aromatic rings. The molecule has 0 aliphatic rings. The summed E-state index contributed by atoms with van der Waals surface area (Å²) >= 11 is 0. The van der Waals surface area contributed by atoms with Gasteiger partial charge in [0.2, 0.25) is 5.91 Å². The molecule has 8 heteroatoms. The molecule has 0 radical (unpaired) electrons. The Balaban J connectivity index is 2.52. The predicted octanol–water partition coefficient (Wildman–Crippen LogP) is 0.475. The molecule has 0 atom stereocenters. The Morgan fingerprint density at radius 3 is 2.84 bits per heavy atom. The van der Waals surface area contributed by atoms with Gasteiger partial charge in [0.05, 0.1) is 29.8 Å². The molecule has 1 rings (SSSR count). The van der Waals surface area contributed by atoms with Gasteiger partial charge in [-0.3, -0.25) is 14.9 Å². The fourth-order valence-electron chi connectivity index (χ4n) is 1.31. The van der Waals surface area contributed by atoms with Crippen LogP contribution in [0.5, 0.6) is 5.75 Å². The van der Waals surface area contributed by atoms with E-state index in [1.54, 1.807) is 7.11 Å². The van der Waals surface area contributed by atoms with Crippen molar-refractivity contribution in [2.75, 3.05) is 32.1 Å². The van der Waals surface area contributed by atoms with Crippen LogP contribution in [0.25, 0.3) is 0 Å². The summed E-state index contributed by atoms with van der Waals surface area (Å²) < 4.78 is 4.80. The first-order valence-corrected chi connectivity index (χ1v) is 5.51. The number of non-ortho nitro benzene ring substituents is 1. The normalized spacial score (nSPS) is 10.2. The van der Waals surface area contributed by atoms with Crippen LogP contribution in [-0.4, -0.2) is 42.7 Å². The monoisotopic (exact) mass is 269 g/mol. The number of benzene rings is 1. The van der Waals surface area contributed by atoms with Gasteiger partial charge in [0.1, 0.15) is 5.75 Å². The lowest BCUT2D eigenvalue weighted by Gasteiger charge is -2.07. The number of rotatable bonds is 7. The second-order valence-electron chi connectivity index (χ2n) is 3.68. The van der Waals surface area contributed by atoms with Crippen molar-refractivity contribution < 1.29 is 19.6 Å². The minimum Gasteiger partial charge on any atom is -0.506 e. The molecule has 0 aliphatic heterocycles. The standard InChI is InChI=1S/C11H15N3O5/c1-19-5-4-12-7-11(16)13-9-3-2-8(14(17)18)6-10(9)15/h2-3,6,12,15H,4-5,7H2,1H3,(H,13,16). The molecule has 0 fully saturated rings. The van der Waals surface area contributed by atoms with Crippen molar-refractivity contribution in [2.24, 2.45) is 0 Å². The molecule has 0 bridgehead atoms. The van der Waals surface area contributed by atoms with Crippen LogP contribution in [0.15, 0.2) is 18.2 Å². The van der Waals surface area contributed by atoms with E-state index < -0.39 is 4.92 Å². The van der Waals surface area contributed by atoms with Gasteiger partial charge in [-0.2, -0.15) is 0 Å². The zero-order valence-electron chi connectivity index (χ0n) is 10.4. The van der Waals surface area contributed by atoms with Crippen molar-refractivity contribution in [3.05, 3.63) is 28.3 Å². The molecule has 0 heterocycles. The first-order chi connectivity index (χ1) is 9.04. The Labute approximate surface area is 109 Å². The number of phenols is 1. The number of ether oxygens (including phenoxy) is 1. The summed E-state index contributed by atoms with van der Waals surface area (Å²) in [6.07, 6.45) is 0. The summed E-state index contributed by atoms with van der Waals surface area (Å²) in [6.45, 7) is 1.06. The van der Waals surface area contributed by atoms with Crippen LogP contribution >= 0.6 is 0 Å². The molecule has 0 saturated heterocycles. The lowest BCUT2D eigenvalue weighted by Crippen LogP contribution is -2.30. The number of phenolic OH excluding ortho intramolecular Hbond substituents is 1. The first kappa shape index (κ1) is 14.9. The number of aromatic hydroxyl groups is 1. The van der Waals surface area contributed by atoms with Crippen molar-refractivity contribution >= 4 is 17.3 Å². The lowest BCUT2D eigenvalue weighted by molar-refractivity contribution is -0.384. The van der Waals surface area contributed by atoms with Gasteiger partial charge in [0, 0.05) is 19.7 Å². The van der Waals surface area contributed by atoms with Crippen LogP contribution in [-0.2, 0) is 9.53 Å². The Kier molecular flexibility index (Phi) is 5.71. The molecular formula is C11H15N3O5. The molecule has 0 saturated carbocycles. The van der Waals surface area contributed by atoms with Crippen LogP contribution in [0, 0.1) is 10.1 Å². The quantitative estimate of drug-likeness (QED) is 0.287. The number of nitrogens with zero attached hydrogens (tertiary/aromatic N) is 1. The van der Waals surface area contributed by atoms with Crippen LogP contribution in [0.2, 0.25) is 0 Å². The highest BCUT2D eigenvalue weighted by Gasteiger charge is 2.11. The molecular weight excluding hydrogens is 254 g/mol. The molecule has 1 amide bonds. The molecule has 8 nitrogen and oxygen atoms in total. The van der Waals surface area contributed by atoms with Crippen molar-refractivity contribution in [3.63, 3.8) is 0 Å². The van der Waals surface area contributed by atoms with E-state index >= 15 is 0 Å². The summed E-state index contributed by atoms with van der Waals surface area (Å²) in [7, 11) is 1.55. The Morgan fingerprint density at radius 2 is 2.26 bits per heavy atom. The van der Waals surface area contributed by atoms with E-state index in [-0.39, 0.29) is 29.6 Å². The second-order valence-corrected chi connectivity index (χ2v) is 3.68. The average Bonchev–Trinajstić information content (AvgIpc) is 2.37. The summed E-state index contributed by atoms with van der Waals surface area (Å²) in [5.74, 6) is -0.709. The Bertz CT molecular complexity index is 464. The van der Waals surface area contributed by atoms with Gasteiger partial charge in [0.25, 0.3) is 5.69 Å². The van der Waals surface area contributed by atoms with Gasteiger partial charge in [-0.25, -0.2) is 0 Å².